The van der Waals surface area contributed by atoms with Gasteiger partial charge in [0.25, 0.3) is 5.91 Å². The highest BCUT2D eigenvalue weighted by molar-refractivity contribution is 5.94. The number of hydrogen-bond acceptors (Lipinski definition) is 5. The third-order valence-electron chi connectivity index (χ3n) is 5.29. The number of hydroxylamine groups is 2. The van der Waals surface area contributed by atoms with Gasteiger partial charge in [0.1, 0.15) is 17.6 Å². The number of hydrogen-bond donors (Lipinski definition) is 2. The molecule has 13 heteroatoms. The number of halogens is 4. The van der Waals surface area contributed by atoms with Crippen LogP contribution in [0.2, 0.25) is 0 Å². The molecule has 1 atom stereocenters. The van der Waals surface area contributed by atoms with Crippen LogP contribution in [0.5, 0.6) is 0 Å². The lowest BCUT2D eigenvalue weighted by molar-refractivity contribution is -0.159. The lowest BCUT2D eigenvalue weighted by Gasteiger charge is -2.27. The molecule has 172 valence electrons. The van der Waals surface area contributed by atoms with E-state index in [-0.39, 0.29) is 37.6 Å². The molecule has 2 aromatic rings. The van der Waals surface area contributed by atoms with Crippen LogP contribution >= 0.6 is 0 Å². The van der Waals surface area contributed by atoms with E-state index in [0.29, 0.717) is 29.8 Å². The SMILES string of the molecule is CN1OC(CO)Cn2nc3c(c2C1=O)CN(C(=O)Nc1ccc(F)c(C(F)(F)F)c1)CC3. The first-order valence-corrected chi connectivity index (χ1v) is 9.65. The Morgan fingerprint density at radius 2 is 2.12 bits per heavy atom. The van der Waals surface area contributed by atoms with E-state index in [4.69, 9.17) is 4.84 Å². The molecule has 3 amide bonds. The van der Waals surface area contributed by atoms with Crippen molar-refractivity contribution in [3.8, 4) is 0 Å². The van der Waals surface area contributed by atoms with Crippen LogP contribution in [0.15, 0.2) is 18.2 Å². The number of aliphatic hydroxyl groups is 1. The van der Waals surface area contributed by atoms with Crippen LogP contribution in [-0.2, 0) is 30.5 Å². The Morgan fingerprint density at radius 1 is 1.38 bits per heavy atom. The molecule has 32 heavy (non-hydrogen) atoms. The number of nitrogens with zero attached hydrogens (tertiary/aromatic N) is 4. The summed E-state index contributed by atoms with van der Waals surface area (Å²) >= 11 is 0. The van der Waals surface area contributed by atoms with E-state index in [0.717, 1.165) is 11.1 Å². The lowest BCUT2D eigenvalue weighted by Crippen LogP contribution is -2.39. The third kappa shape index (κ3) is 4.00. The van der Waals surface area contributed by atoms with E-state index in [2.05, 4.69) is 10.4 Å². The van der Waals surface area contributed by atoms with Gasteiger partial charge in [0.15, 0.2) is 0 Å². The van der Waals surface area contributed by atoms with Crippen LogP contribution in [0.3, 0.4) is 0 Å². The average molecular weight is 457 g/mol. The Labute approximate surface area is 179 Å². The van der Waals surface area contributed by atoms with Crippen LogP contribution in [0, 0.1) is 5.82 Å². The molecule has 2 aliphatic heterocycles. The lowest BCUT2D eigenvalue weighted by atomic mass is 10.1. The van der Waals surface area contributed by atoms with Gasteiger partial charge in [-0.2, -0.15) is 18.3 Å². The number of rotatable bonds is 2. The average Bonchev–Trinajstić information content (AvgIpc) is 3.04. The third-order valence-corrected chi connectivity index (χ3v) is 5.29. The van der Waals surface area contributed by atoms with Gasteiger partial charge in [-0.05, 0) is 18.2 Å². The van der Waals surface area contributed by atoms with Gasteiger partial charge in [-0.1, -0.05) is 0 Å². The minimum atomic E-state index is -4.90. The number of nitrogens with one attached hydrogen (secondary N) is 1. The number of urea groups is 1. The van der Waals surface area contributed by atoms with Gasteiger partial charge in [-0.15, -0.1) is 0 Å². The molecule has 0 saturated carbocycles. The van der Waals surface area contributed by atoms with Gasteiger partial charge in [0.05, 0.1) is 31.0 Å². The van der Waals surface area contributed by atoms with E-state index in [1.807, 2.05) is 0 Å². The maximum atomic E-state index is 13.5. The zero-order valence-electron chi connectivity index (χ0n) is 16.8. The number of fused-ring (bicyclic) bond motifs is 3. The molecule has 2 aliphatic rings. The first-order valence-electron chi connectivity index (χ1n) is 9.65. The topological polar surface area (TPSA) is 99.9 Å². The van der Waals surface area contributed by atoms with E-state index in [1.54, 1.807) is 0 Å². The summed E-state index contributed by atoms with van der Waals surface area (Å²) in [7, 11) is 1.40. The molecule has 0 spiro atoms. The van der Waals surface area contributed by atoms with Crippen molar-refractivity contribution in [3.63, 3.8) is 0 Å². The molecule has 0 radical (unpaired) electrons. The van der Waals surface area contributed by atoms with Gasteiger partial charge in [-0.3, -0.25) is 14.3 Å². The second kappa shape index (κ2) is 8.06. The normalized spacial score (nSPS) is 18.8. The Bertz CT molecular complexity index is 1070. The van der Waals surface area contributed by atoms with Crippen LogP contribution < -0.4 is 5.32 Å². The molecule has 0 fully saturated rings. The van der Waals surface area contributed by atoms with Crippen LogP contribution in [0.25, 0.3) is 0 Å². The van der Waals surface area contributed by atoms with Crippen molar-refractivity contribution in [1.82, 2.24) is 19.7 Å². The predicted octanol–water partition coefficient (Wildman–Crippen LogP) is 2.01. The standard InChI is InChI=1S/C19H19F4N5O4/c1-26-17(30)16-12-8-27(5-4-15(12)25-28(16)7-11(9-29)32-26)18(31)24-10-2-3-14(20)13(6-10)19(21,22)23/h2-3,6,11,29H,4-5,7-9H2,1H3,(H,24,31). The first kappa shape index (κ1) is 22.0. The summed E-state index contributed by atoms with van der Waals surface area (Å²) in [4.78, 5) is 32.1. The minimum Gasteiger partial charge on any atom is -0.393 e. The van der Waals surface area contributed by atoms with Crippen LogP contribution in [0.4, 0.5) is 28.0 Å². The summed E-state index contributed by atoms with van der Waals surface area (Å²) < 4.78 is 53.7. The largest absolute Gasteiger partial charge is 0.419 e. The summed E-state index contributed by atoms with van der Waals surface area (Å²) in [6, 6.07) is 1.50. The van der Waals surface area contributed by atoms with Crippen molar-refractivity contribution in [2.45, 2.75) is 31.8 Å². The number of amides is 3. The monoisotopic (exact) mass is 457 g/mol. The maximum absolute atomic E-state index is 13.5. The molecule has 0 bridgehead atoms. The molecule has 9 nitrogen and oxygen atoms in total. The second-order valence-electron chi connectivity index (χ2n) is 7.46. The fourth-order valence-corrected chi connectivity index (χ4v) is 3.73. The Kier molecular flexibility index (Phi) is 5.54. The van der Waals surface area contributed by atoms with Crippen molar-refractivity contribution >= 4 is 17.6 Å². The summed E-state index contributed by atoms with van der Waals surface area (Å²) in [6.07, 6.45) is -5.25. The highest BCUT2D eigenvalue weighted by atomic mass is 19.4. The highest BCUT2D eigenvalue weighted by Gasteiger charge is 2.36. The number of carbonyl (C=O) groups is 2. The highest BCUT2D eigenvalue weighted by Crippen LogP contribution is 2.33. The number of anilines is 1. The van der Waals surface area contributed by atoms with E-state index in [1.165, 1.54) is 16.6 Å². The van der Waals surface area contributed by atoms with Gasteiger partial charge >= 0.3 is 12.2 Å². The molecule has 0 saturated heterocycles. The fourth-order valence-electron chi connectivity index (χ4n) is 3.73. The zero-order valence-corrected chi connectivity index (χ0v) is 16.8. The molecule has 3 heterocycles. The van der Waals surface area contributed by atoms with Gasteiger partial charge in [0, 0.05) is 31.3 Å². The molecular weight excluding hydrogens is 438 g/mol. The van der Waals surface area contributed by atoms with Gasteiger partial charge < -0.3 is 15.3 Å². The van der Waals surface area contributed by atoms with Crippen molar-refractivity contribution in [1.29, 1.82) is 0 Å². The van der Waals surface area contributed by atoms with Crippen molar-refractivity contribution < 1.29 is 37.1 Å². The van der Waals surface area contributed by atoms with E-state index in [9.17, 15) is 32.3 Å². The van der Waals surface area contributed by atoms with Crippen molar-refractivity contribution in [2.24, 2.45) is 0 Å². The Morgan fingerprint density at radius 3 is 2.81 bits per heavy atom. The molecule has 1 unspecified atom stereocenters. The smallest absolute Gasteiger partial charge is 0.393 e. The molecule has 0 aliphatic carbocycles. The summed E-state index contributed by atoms with van der Waals surface area (Å²) in [5, 5.41) is 17.2. The number of aromatic nitrogens is 2. The molecular formula is C19H19F4N5O4. The minimum absolute atomic E-state index is 0.00675. The molecule has 2 N–H and O–H groups in total. The van der Waals surface area contributed by atoms with Crippen LogP contribution in [0.1, 0.15) is 27.3 Å². The molecule has 1 aromatic heterocycles. The van der Waals surface area contributed by atoms with E-state index >= 15 is 0 Å². The summed E-state index contributed by atoms with van der Waals surface area (Å²) in [5.41, 5.74) is -0.355. The van der Waals surface area contributed by atoms with Crippen molar-refractivity contribution in [2.75, 3.05) is 25.5 Å². The van der Waals surface area contributed by atoms with Gasteiger partial charge in [-0.25, -0.2) is 14.2 Å². The zero-order chi connectivity index (χ0) is 23.2. The maximum Gasteiger partial charge on any atom is 0.419 e. The second-order valence-corrected chi connectivity index (χ2v) is 7.46. The van der Waals surface area contributed by atoms with Gasteiger partial charge in [0.2, 0.25) is 0 Å². The number of aliphatic hydroxyl groups excluding tert-OH is 1. The van der Waals surface area contributed by atoms with Crippen molar-refractivity contribution in [3.05, 3.63) is 46.5 Å². The predicted molar refractivity (Wildman–Crippen MR) is 101 cm³/mol. The summed E-state index contributed by atoms with van der Waals surface area (Å²) in [6.45, 7) is 0.0182. The number of benzene rings is 1. The number of carbonyl (C=O) groups excluding carboxylic acids is 2. The molecule has 4 rings (SSSR count). The Balaban J connectivity index is 1.56. The quantitative estimate of drug-likeness (QED) is 0.673. The van der Waals surface area contributed by atoms with E-state index < -0.39 is 35.6 Å². The molecule has 1 aromatic carbocycles. The number of alkyl halides is 3. The van der Waals surface area contributed by atoms with Crippen LogP contribution in [-0.4, -0.2) is 63.1 Å². The Hall–Kier alpha value is -3.19. The summed E-state index contributed by atoms with van der Waals surface area (Å²) in [5.74, 6) is -1.93. The first-order chi connectivity index (χ1) is 15.1. The fraction of sp³-hybridized carbons (Fsp3) is 0.421.